The molecule has 0 fully saturated rings. The maximum Gasteiger partial charge on any atom is 0.339 e. The van der Waals surface area contributed by atoms with Crippen molar-refractivity contribution >= 4 is 21.9 Å². The Kier molecular flexibility index (Phi) is 4.33. The number of pyridine rings is 1. The highest BCUT2D eigenvalue weighted by atomic mass is 79.9. The van der Waals surface area contributed by atoms with E-state index in [9.17, 15) is 10.0 Å². The number of nitrogens with zero attached hydrogens (tertiary/aromatic N) is 3. The van der Waals surface area contributed by atoms with E-state index in [-0.39, 0.29) is 18.1 Å². The van der Waals surface area contributed by atoms with Crippen molar-refractivity contribution in [3.8, 4) is 11.4 Å². The third kappa shape index (κ3) is 3.72. The number of benzene rings is 1. The number of esters is 1. The van der Waals surface area contributed by atoms with E-state index in [1.54, 1.807) is 0 Å². The molecule has 2 aromatic heterocycles. The third-order valence-electron chi connectivity index (χ3n) is 2.92. The number of ether oxygens (including phenoxy) is 1. The number of aromatic nitrogens is 3. The first-order chi connectivity index (χ1) is 11.1. The van der Waals surface area contributed by atoms with Crippen LogP contribution < -0.4 is 4.73 Å². The summed E-state index contributed by atoms with van der Waals surface area (Å²) in [6.45, 7) is -0.147. The van der Waals surface area contributed by atoms with Crippen molar-refractivity contribution in [3.63, 3.8) is 0 Å². The number of carbonyl (C=O) groups excluding carboxylic acids is 1. The van der Waals surface area contributed by atoms with Gasteiger partial charge in [-0.15, -0.1) is 0 Å². The van der Waals surface area contributed by atoms with Crippen molar-refractivity contribution < 1.29 is 18.8 Å². The topological polar surface area (TPSA) is 92.2 Å². The van der Waals surface area contributed by atoms with Crippen LogP contribution in [-0.4, -0.2) is 16.1 Å². The van der Waals surface area contributed by atoms with Crippen molar-refractivity contribution in [3.05, 3.63) is 69.9 Å². The van der Waals surface area contributed by atoms with E-state index < -0.39 is 5.97 Å². The highest BCUT2D eigenvalue weighted by molar-refractivity contribution is 9.10. The van der Waals surface area contributed by atoms with Crippen LogP contribution >= 0.6 is 15.9 Å². The lowest BCUT2D eigenvalue weighted by atomic mass is 10.2. The van der Waals surface area contributed by atoms with Gasteiger partial charge >= 0.3 is 5.97 Å². The Bertz CT molecular complexity index is 833. The summed E-state index contributed by atoms with van der Waals surface area (Å²) in [5.41, 5.74) is 1.05. The molecule has 0 bridgehead atoms. The van der Waals surface area contributed by atoms with Crippen LogP contribution in [0.25, 0.3) is 11.4 Å². The van der Waals surface area contributed by atoms with Crippen molar-refractivity contribution in [2.75, 3.05) is 0 Å². The van der Waals surface area contributed by atoms with Gasteiger partial charge in [0.25, 0.3) is 5.89 Å². The number of rotatable bonds is 4. The van der Waals surface area contributed by atoms with Gasteiger partial charge in [0.1, 0.15) is 0 Å². The normalized spacial score (nSPS) is 10.5. The van der Waals surface area contributed by atoms with Gasteiger partial charge in [-0.3, -0.25) is 0 Å². The molecule has 3 rings (SSSR count). The maximum atomic E-state index is 11.8. The minimum atomic E-state index is -0.576. The molecule has 0 N–H and O–H groups in total. The summed E-state index contributed by atoms with van der Waals surface area (Å²) in [4.78, 5) is 16.0. The van der Waals surface area contributed by atoms with Crippen molar-refractivity contribution in [2.24, 2.45) is 0 Å². The highest BCUT2D eigenvalue weighted by Crippen LogP contribution is 2.20. The smallest absolute Gasteiger partial charge is 0.339 e. The zero-order valence-electron chi connectivity index (χ0n) is 11.7. The summed E-state index contributed by atoms with van der Waals surface area (Å²) >= 11 is 3.37. The first-order valence-corrected chi connectivity index (χ1v) is 7.35. The fourth-order valence-electron chi connectivity index (χ4n) is 1.82. The lowest BCUT2D eigenvalue weighted by Crippen LogP contribution is -2.24. The summed E-state index contributed by atoms with van der Waals surface area (Å²) in [7, 11) is 0. The molecule has 0 aliphatic heterocycles. The number of carbonyl (C=O) groups is 1. The lowest BCUT2D eigenvalue weighted by molar-refractivity contribution is -0.605. The molecule has 1 aromatic carbocycles. The zero-order chi connectivity index (χ0) is 16.2. The van der Waals surface area contributed by atoms with Gasteiger partial charge in [-0.2, -0.15) is 9.71 Å². The molecule has 0 saturated carbocycles. The Balaban J connectivity index is 1.65. The minimum Gasteiger partial charge on any atom is -0.619 e. The molecule has 0 spiro atoms. The van der Waals surface area contributed by atoms with Crippen LogP contribution in [0.2, 0.25) is 0 Å². The molecule has 8 heteroatoms. The Labute approximate surface area is 139 Å². The molecule has 0 unspecified atom stereocenters. The van der Waals surface area contributed by atoms with Gasteiger partial charge in [-0.05, 0) is 12.1 Å². The van der Waals surface area contributed by atoms with E-state index in [4.69, 9.17) is 9.26 Å². The second kappa shape index (κ2) is 6.57. The number of hydrogen-bond donors (Lipinski definition) is 0. The molecule has 116 valence electrons. The van der Waals surface area contributed by atoms with Gasteiger partial charge in [0.05, 0.1) is 5.56 Å². The summed E-state index contributed by atoms with van der Waals surface area (Å²) in [5.74, 6) is 0.0143. The van der Waals surface area contributed by atoms with E-state index >= 15 is 0 Å². The van der Waals surface area contributed by atoms with Crippen LogP contribution in [-0.2, 0) is 11.3 Å². The zero-order valence-corrected chi connectivity index (χ0v) is 13.3. The van der Waals surface area contributed by atoms with Gasteiger partial charge in [0.15, 0.2) is 19.0 Å². The van der Waals surface area contributed by atoms with Crippen LogP contribution in [0, 0.1) is 5.21 Å². The molecule has 0 atom stereocenters. The summed E-state index contributed by atoms with van der Waals surface area (Å²) in [6, 6.07) is 10.2. The van der Waals surface area contributed by atoms with Crippen LogP contribution in [0.4, 0.5) is 0 Å². The van der Waals surface area contributed by atoms with E-state index in [1.807, 2.05) is 24.3 Å². The molecule has 23 heavy (non-hydrogen) atoms. The summed E-state index contributed by atoms with van der Waals surface area (Å²) < 4.78 is 11.6. The molecule has 0 aliphatic rings. The van der Waals surface area contributed by atoms with Gasteiger partial charge in [0.2, 0.25) is 5.82 Å². The molecule has 0 aliphatic carbocycles. The minimum absolute atomic E-state index is 0.147. The standard InChI is InChI=1S/C15H10BrN3O4/c16-12-3-1-2-11(8-12)14-17-13(23-18-14)9-22-15(20)10-4-6-19(21)7-5-10/h1-8H,9H2. The van der Waals surface area contributed by atoms with Crippen molar-refractivity contribution in [2.45, 2.75) is 6.61 Å². The monoisotopic (exact) mass is 375 g/mol. The van der Waals surface area contributed by atoms with E-state index in [2.05, 4.69) is 26.1 Å². The van der Waals surface area contributed by atoms with Gasteiger partial charge in [0, 0.05) is 22.2 Å². The predicted molar refractivity (Wildman–Crippen MR) is 82.0 cm³/mol. The summed E-state index contributed by atoms with van der Waals surface area (Å²) in [5, 5.41) is 14.8. The fraction of sp³-hybridized carbons (Fsp3) is 0.0667. The van der Waals surface area contributed by atoms with Gasteiger partial charge in [-0.25, -0.2) is 4.79 Å². The molecule has 7 nitrogen and oxygen atoms in total. The predicted octanol–water partition coefficient (Wildman–Crippen LogP) is 2.49. The van der Waals surface area contributed by atoms with Crippen LogP contribution in [0.3, 0.4) is 0 Å². The van der Waals surface area contributed by atoms with E-state index in [0.717, 1.165) is 10.0 Å². The number of halogens is 1. The molecule has 0 amide bonds. The largest absolute Gasteiger partial charge is 0.619 e. The first kappa shape index (κ1) is 15.2. The van der Waals surface area contributed by atoms with Crippen LogP contribution in [0.5, 0.6) is 0 Å². The average molecular weight is 376 g/mol. The summed E-state index contributed by atoms with van der Waals surface area (Å²) in [6.07, 6.45) is 2.43. The highest BCUT2D eigenvalue weighted by Gasteiger charge is 2.13. The maximum absolute atomic E-state index is 11.8. The van der Waals surface area contributed by atoms with E-state index in [1.165, 1.54) is 24.5 Å². The Hall–Kier alpha value is -2.74. The third-order valence-corrected chi connectivity index (χ3v) is 3.41. The SMILES string of the molecule is O=C(OCc1nc(-c2cccc(Br)c2)no1)c1cc[n+]([O-])cc1. The second-order valence-electron chi connectivity index (χ2n) is 4.54. The van der Waals surface area contributed by atoms with Gasteiger partial charge < -0.3 is 14.5 Å². The number of hydrogen-bond acceptors (Lipinski definition) is 6. The van der Waals surface area contributed by atoms with Crippen molar-refractivity contribution in [1.29, 1.82) is 0 Å². The Morgan fingerprint density at radius 3 is 2.83 bits per heavy atom. The lowest BCUT2D eigenvalue weighted by Gasteiger charge is -2.01. The quantitative estimate of drug-likeness (QED) is 0.395. The molecule has 3 aromatic rings. The molecule has 0 saturated heterocycles. The molecule has 2 heterocycles. The van der Waals surface area contributed by atoms with Gasteiger partial charge in [-0.1, -0.05) is 33.2 Å². The molecular weight excluding hydrogens is 366 g/mol. The van der Waals surface area contributed by atoms with E-state index in [0.29, 0.717) is 10.6 Å². The first-order valence-electron chi connectivity index (χ1n) is 6.56. The second-order valence-corrected chi connectivity index (χ2v) is 5.46. The molecular formula is C15H10BrN3O4. The van der Waals surface area contributed by atoms with Crippen LogP contribution in [0.1, 0.15) is 16.2 Å². The van der Waals surface area contributed by atoms with Crippen molar-refractivity contribution in [1.82, 2.24) is 10.1 Å². The average Bonchev–Trinajstić information content (AvgIpc) is 3.02. The Morgan fingerprint density at radius 1 is 1.30 bits per heavy atom. The molecule has 0 radical (unpaired) electrons. The fourth-order valence-corrected chi connectivity index (χ4v) is 2.22. The van der Waals surface area contributed by atoms with Crippen LogP contribution in [0.15, 0.2) is 57.8 Å². The Morgan fingerprint density at radius 2 is 2.09 bits per heavy atom.